The summed E-state index contributed by atoms with van der Waals surface area (Å²) in [7, 11) is 1.73. The Hall–Kier alpha value is -3.93. The maximum Gasteiger partial charge on any atom is 0.312 e. The summed E-state index contributed by atoms with van der Waals surface area (Å²) in [5.74, 6) is -0.632. The molecule has 0 aliphatic rings. The molecular weight excluding hydrogens is 448 g/mol. The number of rotatable bonds is 8. The molecule has 0 spiro atoms. The van der Waals surface area contributed by atoms with Crippen LogP contribution in [-0.4, -0.2) is 42.4 Å². The maximum absolute atomic E-state index is 12.4. The number of nitro groups is 1. The Bertz CT molecular complexity index is 1190. The Morgan fingerprint density at radius 1 is 1.21 bits per heavy atom. The number of hydrogen-bond acceptors (Lipinski definition) is 8. The summed E-state index contributed by atoms with van der Waals surface area (Å²) in [6.45, 7) is 3.73. The predicted octanol–water partition coefficient (Wildman–Crippen LogP) is 2.96. The third kappa shape index (κ3) is 5.86. The van der Waals surface area contributed by atoms with Crippen LogP contribution in [0.2, 0.25) is 0 Å². The molecule has 0 bridgehead atoms. The number of hydrogen-bond donors (Lipinski definition) is 3. The van der Waals surface area contributed by atoms with Gasteiger partial charge in [0.1, 0.15) is 0 Å². The first-order valence-corrected chi connectivity index (χ1v) is 10.8. The predicted molar refractivity (Wildman–Crippen MR) is 122 cm³/mol. The number of nitro benzene ring substituents is 1. The highest BCUT2D eigenvalue weighted by Crippen LogP contribution is 2.28. The van der Waals surface area contributed by atoms with E-state index in [9.17, 15) is 24.8 Å². The number of aryl methyl sites for hydroxylation is 1. The number of phenolic OH excluding ortho intramolecular Hbond substituents is 1. The average molecular weight is 471 g/mol. The SMILES string of the molecule is Cc1ccc(C(=O)N[C@@H](C)c2nnc(SCC(=O)Nc3ccc(O)c([N+](=O)[O-])c3)n2C)cc1. The molecule has 12 heteroatoms. The molecular formula is C21H22N6O5S. The van der Waals surface area contributed by atoms with Gasteiger partial charge in [-0.15, -0.1) is 10.2 Å². The van der Waals surface area contributed by atoms with E-state index in [1.807, 2.05) is 19.1 Å². The summed E-state index contributed by atoms with van der Waals surface area (Å²) in [5.41, 5.74) is 1.29. The van der Waals surface area contributed by atoms with Gasteiger partial charge in [0, 0.05) is 24.4 Å². The van der Waals surface area contributed by atoms with Crippen LogP contribution in [0.25, 0.3) is 0 Å². The van der Waals surface area contributed by atoms with Crippen LogP contribution in [0.4, 0.5) is 11.4 Å². The molecule has 2 aromatic carbocycles. The number of aromatic nitrogens is 3. The zero-order valence-electron chi connectivity index (χ0n) is 18.1. The molecule has 1 atom stereocenters. The molecule has 3 rings (SSSR count). The lowest BCUT2D eigenvalue weighted by molar-refractivity contribution is -0.385. The van der Waals surface area contributed by atoms with Crippen LogP contribution in [0.3, 0.4) is 0 Å². The number of nitrogens with one attached hydrogen (secondary N) is 2. The number of nitrogens with zero attached hydrogens (tertiary/aromatic N) is 4. The Kier molecular flexibility index (Phi) is 7.28. The number of thioether (sulfide) groups is 1. The van der Waals surface area contributed by atoms with Crippen molar-refractivity contribution < 1.29 is 19.6 Å². The second-order valence-electron chi connectivity index (χ2n) is 7.26. The Labute approximate surface area is 193 Å². The van der Waals surface area contributed by atoms with Gasteiger partial charge in [-0.2, -0.15) is 0 Å². The first-order chi connectivity index (χ1) is 15.7. The van der Waals surface area contributed by atoms with Gasteiger partial charge in [0.15, 0.2) is 16.7 Å². The minimum Gasteiger partial charge on any atom is -0.502 e. The van der Waals surface area contributed by atoms with Gasteiger partial charge in [-0.3, -0.25) is 19.7 Å². The number of aromatic hydroxyl groups is 1. The van der Waals surface area contributed by atoms with Crippen LogP contribution >= 0.6 is 11.8 Å². The zero-order valence-corrected chi connectivity index (χ0v) is 18.9. The minimum absolute atomic E-state index is 0.0231. The maximum atomic E-state index is 12.4. The monoisotopic (exact) mass is 470 g/mol. The van der Waals surface area contributed by atoms with Crippen molar-refractivity contribution >= 4 is 35.0 Å². The quantitative estimate of drug-likeness (QED) is 0.197. The Morgan fingerprint density at radius 3 is 2.58 bits per heavy atom. The van der Waals surface area contributed by atoms with E-state index in [1.54, 1.807) is 30.7 Å². The fraction of sp³-hybridized carbons (Fsp3) is 0.238. The smallest absolute Gasteiger partial charge is 0.312 e. The number of benzene rings is 2. The van der Waals surface area contributed by atoms with E-state index in [1.165, 1.54) is 6.07 Å². The molecule has 0 saturated heterocycles. The highest BCUT2D eigenvalue weighted by atomic mass is 32.2. The number of carbonyl (C=O) groups is 2. The number of phenols is 1. The second kappa shape index (κ2) is 10.1. The molecule has 11 nitrogen and oxygen atoms in total. The van der Waals surface area contributed by atoms with Crippen molar-refractivity contribution in [3.63, 3.8) is 0 Å². The third-order valence-electron chi connectivity index (χ3n) is 4.71. The van der Waals surface area contributed by atoms with Gasteiger partial charge in [-0.1, -0.05) is 29.5 Å². The highest BCUT2D eigenvalue weighted by molar-refractivity contribution is 7.99. The standard InChI is InChI=1S/C21H22N6O5S/c1-12-4-6-14(7-5-12)20(30)22-13(2)19-24-25-21(26(19)3)33-11-18(29)23-15-8-9-17(28)16(10-15)27(31)32/h4-10,13,28H,11H2,1-3H3,(H,22,30)(H,23,29)/t13-/m0/s1. The van der Waals surface area contributed by atoms with Crippen LogP contribution in [0.1, 0.15) is 34.7 Å². The number of anilines is 1. The lowest BCUT2D eigenvalue weighted by atomic mass is 10.1. The summed E-state index contributed by atoms with van der Waals surface area (Å²) in [5, 5.41) is 34.5. The molecule has 3 aromatic rings. The third-order valence-corrected chi connectivity index (χ3v) is 5.73. The first-order valence-electron chi connectivity index (χ1n) is 9.82. The van der Waals surface area contributed by atoms with E-state index >= 15 is 0 Å². The van der Waals surface area contributed by atoms with E-state index in [2.05, 4.69) is 20.8 Å². The van der Waals surface area contributed by atoms with Crippen molar-refractivity contribution in [2.24, 2.45) is 7.05 Å². The molecule has 0 aliphatic carbocycles. The van der Waals surface area contributed by atoms with E-state index in [4.69, 9.17) is 0 Å². The highest BCUT2D eigenvalue weighted by Gasteiger charge is 2.19. The molecule has 0 unspecified atom stereocenters. The van der Waals surface area contributed by atoms with Crippen molar-refractivity contribution in [1.29, 1.82) is 0 Å². The Balaban J connectivity index is 1.58. The summed E-state index contributed by atoms with van der Waals surface area (Å²) >= 11 is 1.12. The molecule has 2 amide bonds. The van der Waals surface area contributed by atoms with Gasteiger partial charge >= 0.3 is 5.69 Å². The van der Waals surface area contributed by atoms with E-state index in [-0.39, 0.29) is 17.3 Å². The molecule has 0 fully saturated rings. The van der Waals surface area contributed by atoms with Crippen molar-refractivity contribution in [2.45, 2.75) is 25.0 Å². The lowest BCUT2D eigenvalue weighted by Crippen LogP contribution is -2.28. The first kappa shape index (κ1) is 23.7. The summed E-state index contributed by atoms with van der Waals surface area (Å²) in [6, 6.07) is 10.4. The zero-order chi connectivity index (χ0) is 24.1. The second-order valence-corrected chi connectivity index (χ2v) is 8.20. The largest absolute Gasteiger partial charge is 0.502 e. The van der Waals surface area contributed by atoms with Crippen molar-refractivity contribution in [1.82, 2.24) is 20.1 Å². The van der Waals surface area contributed by atoms with E-state index < -0.39 is 28.3 Å². The van der Waals surface area contributed by atoms with Crippen molar-refractivity contribution in [3.8, 4) is 5.75 Å². The molecule has 1 heterocycles. The molecule has 0 saturated carbocycles. The summed E-state index contributed by atoms with van der Waals surface area (Å²) in [4.78, 5) is 34.9. The van der Waals surface area contributed by atoms with Crippen molar-refractivity contribution in [2.75, 3.05) is 11.1 Å². The number of carbonyl (C=O) groups excluding carboxylic acids is 2. The normalized spacial score (nSPS) is 11.6. The molecule has 0 radical (unpaired) electrons. The molecule has 3 N–H and O–H groups in total. The van der Waals surface area contributed by atoms with Gasteiger partial charge in [-0.05, 0) is 38.1 Å². The summed E-state index contributed by atoms with van der Waals surface area (Å²) in [6.07, 6.45) is 0. The van der Waals surface area contributed by atoms with Crippen LogP contribution < -0.4 is 10.6 Å². The Morgan fingerprint density at radius 2 is 1.91 bits per heavy atom. The molecule has 1 aromatic heterocycles. The van der Waals surface area contributed by atoms with E-state index in [0.717, 1.165) is 29.5 Å². The summed E-state index contributed by atoms with van der Waals surface area (Å²) < 4.78 is 1.68. The van der Waals surface area contributed by atoms with Crippen molar-refractivity contribution in [3.05, 3.63) is 69.5 Å². The van der Waals surface area contributed by atoms with Gasteiger partial charge < -0.3 is 20.3 Å². The average Bonchev–Trinajstić information content (AvgIpc) is 3.14. The fourth-order valence-corrected chi connectivity index (χ4v) is 3.67. The fourth-order valence-electron chi connectivity index (χ4n) is 2.95. The van der Waals surface area contributed by atoms with Crippen LogP contribution in [0.15, 0.2) is 47.6 Å². The van der Waals surface area contributed by atoms with Gasteiger partial charge in [0.05, 0.1) is 16.7 Å². The van der Waals surface area contributed by atoms with Crippen LogP contribution in [-0.2, 0) is 11.8 Å². The van der Waals surface area contributed by atoms with E-state index in [0.29, 0.717) is 16.5 Å². The molecule has 33 heavy (non-hydrogen) atoms. The van der Waals surface area contributed by atoms with Crippen LogP contribution in [0, 0.1) is 17.0 Å². The van der Waals surface area contributed by atoms with Gasteiger partial charge in [0.2, 0.25) is 5.91 Å². The topological polar surface area (TPSA) is 152 Å². The minimum atomic E-state index is -0.737. The van der Waals surface area contributed by atoms with Gasteiger partial charge in [0.25, 0.3) is 5.91 Å². The van der Waals surface area contributed by atoms with Crippen LogP contribution in [0.5, 0.6) is 5.75 Å². The molecule has 0 aliphatic heterocycles. The lowest BCUT2D eigenvalue weighted by Gasteiger charge is -2.13. The molecule has 172 valence electrons. The van der Waals surface area contributed by atoms with Gasteiger partial charge in [-0.25, -0.2) is 0 Å². The number of amides is 2.